The number of aryl methyl sites for hydroxylation is 2. The molecule has 6 aromatic heterocycles. The molecular formula is C29H29N11O2S2. The van der Waals surface area contributed by atoms with Crippen LogP contribution in [-0.4, -0.2) is 59.1 Å². The van der Waals surface area contributed by atoms with Gasteiger partial charge in [0.25, 0.3) is 0 Å². The summed E-state index contributed by atoms with van der Waals surface area (Å²) in [5.74, 6) is 2.02. The van der Waals surface area contributed by atoms with E-state index in [0.29, 0.717) is 17.7 Å². The standard InChI is InChI=1S/C16H16N6OS.C13H13N5OS/c1-10-14(21-15(24-10)20-13-4-2-3-7-17-13)11-8-18-22(9-11)16(23)19-12-5-6-12;1-8-12(9-6-14-15-7-9)18-13(20-8)17-10-4-3-5-11(16-10)19-2/h2-4,7-9,12H,5-6H2,1H3,(H,19,23)(H,17,20,21);3-7H,1-2H3,(H,14,15)(H,16,17,18). The zero-order valence-corrected chi connectivity index (χ0v) is 25.7. The zero-order valence-electron chi connectivity index (χ0n) is 24.1. The first-order valence-electron chi connectivity index (χ1n) is 13.7. The lowest BCUT2D eigenvalue weighted by atomic mass is 10.2. The molecule has 0 radical (unpaired) electrons. The molecule has 6 aromatic rings. The van der Waals surface area contributed by atoms with Gasteiger partial charge < -0.3 is 20.7 Å². The van der Waals surface area contributed by atoms with E-state index in [9.17, 15) is 4.79 Å². The van der Waals surface area contributed by atoms with E-state index < -0.39 is 0 Å². The summed E-state index contributed by atoms with van der Waals surface area (Å²) >= 11 is 3.12. The molecule has 1 aliphatic carbocycles. The first-order chi connectivity index (χ1) is 21.4. The summed E-state index contributed by atoms with van der Waals surface area (Å²) in [5.41, 5.74) is 3.55. The molecule has 6 heterocycles. The Hall–Kier alpha value is -5.15. The average molecular weight is 628 g/mol. The van der Waals surface area contributed by atoms with Crippen molar-refractivity contribution in [1.29, 1.82) is 0 Å². The molecule has 1 aliphatic rings. The molecule has 0 spiro atoms. The second-order valence-electron chi connectivity index (χ2n) is 9.76. The number of thiazole rings is 2. The molecule has 13 nitrogen and oxygen atoms in total. The van der Waals surface area contributed by atoms with Gasteiger partial charge in [-0.3, -0.25) is 5.10 Å². The lowest BCUT2D eigenvalue weighted by Gasteiger charge is -2.03. The molecule has 1 amide bonds. The van der Waals surface area contributed by atoms with Crippen LogP contribution < -0.4 is 20.7 Å². The fraction of sp³-hybridized carbons (Fsp3) is 0.207. The molecule has 0 bridgehead atoms. The van der Waals surface area contributed by atoms with E-state index in [1.54, 1.807) is 60.6 Å². The first-order valence-corrected chi connectivity index (χ1v) is 15.3. The first kappa shape index (κ1) is 28.9. The van der Waals surface area contributed by atoms with Crippen LogP contribution in [0.5, 0.6) is 5.88 Å². The van der Waals surface area contributed by atoms with E-state index in [2.05, 4.69) is 51.2 Å². The maximum atomic E-state index is 12.0. The van der Waals surface area contributed by atoms with Gasteiger partial charge >= 0.3 is 6.03 Å². The number of aromatic nitrogens is 8. The van der Waals surface area contributed by atoms with Gasteiger partial charge in [-0.15, -0.1) is 22.7 Å². The maximum absolute atomic E-state index is 12.0. The third-order valence-corrected chi connectivity index (χ3v) is 8.17. The van der Waals surface area contributed by atoms with Crippen molar-refractivity contribution in [2.45, 2.75) is 32.7 Å². The minimum absolute atomic E-state index is 0.191. The summed E-state index contributed by atoms with van der Waals surface area (Å²) < 4.78 is 6.43. The Balaban J connectivity index is 0.000000159. The van der Waals surface area contributed by atoms with E-state index in [1.165, 1.54) is 4.68 Å². The number of carbonyl (C=O) groups excluding carboxylic acids is 1. The zero-order chi connectivity index (χ0) is 30.5. The number of rotatable bonds is 8. The molecule has 7 rings (SSSR count). The van der Waals surface area contributed by atoms with Crippen LogP contribution in [-0.2, 0) is 0 Å². The second kappa shape index (κ2) is 13.0. The highest BCUT2D eigenvalue weighted by molar-refractivity contribution is 7.16. The SMILES string of the molecule is COc1cccc(Nc2nc(-c3cn[nH]c3)c(C)s2)n1.Cc1sc(Nc2ccccn2)nc1-c1cnn(C(=O)NC2CC2)c1. The molecule has 15 heteroatoms. The number of methoxy groups -OCH3 is 1. The smallest absolute Gasteiger partial charge is 0.342 e. The minimum Gasteiger partial charge on any atom is -0.481 e. The van der Waals surface area contributed by atoms with Gasteiger partial charge in [0.15, 0.2) is 10.3 Å². The minimum atomic E-state index is -0.191. The predicted molar refractivity (Wildman–Crippen MR) is 171 cm³/mol. The summed E-state index contributed by atoms with van der Waals surface area (Å²) in [6.45, 7) is 4.03. The molecular weight excluding hydrogens is 599 g/mol. The molecule has 0 atom stereocenters. The largest absolute Gasteiger partial charge is 0.481 e. The monoisotopic (exact) mass is 627 g/mol. The van der Waals surface area contributed by atoms with Crippen LogP contribution in [0.25, 0.3) is 22.5 Å². The molecule has 1 fully saturated rings. The van der Waals surface area contributed by atoms with Crippen LogP contribution in [0.3, 0.4) is 0 Å². The number of nitrogens with one attached hydrogen (secondary N) is 4. The summed E-state index contributed by atoms with van der Waals surface area (Å²) in [6, 6.07) is 11.3. The van der Waals surface area contributed by atoms with Crippen molar-refractivity contribution in [2.24, 2.45) is 0 Å². The van der Waals surface area contributed by atoms with Gasteiger partial charge in [-0.1, -0.05) is 12.1 Å². The Bertz CT molecular complexity index is 1840. The van der Waals surface area contributed by atoms with Crippen molar-refractivity contribution < 1.29 is 9.53 Å². The third-order valence-electron chi connectivity index (χ3n) is 6.40. The number of nitrogens with zero attached hydrogens (tertiary/aromatic N) is 7. The van der Waals surface area contributed by atoms with Gasteiger partial charge in [-0.05, 0) is 44.9 Å². The molecule has 4 N–H and O–H groups in total. The Morgan fingerprint density at radius 1 is 0.932 bits per heavy atom. The third kappa shape index (κ3) is 7.07. The molecule has 0 saturated heterocycles. The quantitative estimate of drug-likeness (QED) is 0.154. The summed E-state index contributed by atoms with van der Waals surface area (Å²) in [7, 11) is 1.59. The topological polar surface area (TPSA) is 160 Å². The van der Waals surface area contributed by atoms with Crippen molar-refractivity contribution in [1.82, 2.24) is 45.2 Å². The van der Waals surface area contributed by atoms with Gasteiger partial charge in [-0.25, -0.2) is 19.7 Å². The summed E-state index contributed by atoms with van der Waals surface area (Å²) in [4.78, 5) is 31.9. The average Bonchev–Trinajstić information content (AvgIpc) is 3.44. The molecule has 1 saturated carbocycles. The number of hydrogen-bond acceptors (Lipinski definition) is 12. The van der Waals surface area contributed by atoms with Crippen LogP contribution in [0.2, 0.25) is 0 Å². The lowest BCUT2D eigenvalue weighted by molar-refractivity contribution is 0.239. The van der Waals surface area contributed by atoms with Crippen molar-refractivity contribution in [3.8, 4) is 28.4 Å². The number of amides is 1. The van der Waals surface area contributed by atoms with E-state index >= 15 is 0 Å². The van der Waals surface area contributed by atoms with Crippen molar-refractivity contribution in [3.05, 3.63) is 77.1 Å². The number of aromatic amines is 1. The van der Waals surface area contributed by atoms with Gasteiger partial charge in [-0.2, -0.15) is 19.9 Å². The predicted octanol–water partition coefficient (Wildman–Crippen LogP) is 6.16. The summed E-state index contributed by atoms with van der Waals surface area (Å²) in [6.07, 6.45) is 10.8. The maximum Gasteiger partial charge on any atom is 0.342 e. The Morgan fingerprint density at radius 3 is 2.32 bits per heavy atom. The highest BCUT2D eigenvalue weighted by atomic mass is 32.1. The fourth-order valence-corrected chi connectivity index (χ4v) is 5.78. The number of H-pyrrole nitrogens is 1. The Kier molecular flexibility index (Phi) is 8.56. The van der Waals surface area contributed by atoms with E-state index in [4.69, 9.17) is 4.74 Å². The Morgan fingerprint density at radius 2 is 1.66 bits per heavy atom. The highest BCUT2D eigenvalue weighted by Crippen LogP contribution is 2.32. The van der Waals surface area contributed by atoms with E-state index in [-0.39, 0.29) is 6.03 Å². The molecule has 0 unspecified atom stereocenters. The lowest BCUT2D eigenvalue weighted by Crippen LogP contribution is -2.30. The van der Waals surface area contributed by atoms with Crippen molar-refractivity contribution >= 4 is 50.6 Å². The van der Waals surface area contributed by atoms with Crippen molar-refractivity contribution in [2.75, 3.05) is 17.7 Å². The second-order valence-corrected chi connectivity index (χ2v) is 12.2. The van der Waals surface area contributed by atoms with Crippen LogP contribution in [0, 0.1) is 13.8 Å². The van der Waals surface area contributed by atoms with Crippen LogP contribution in [0.15, 0.2) is 67.4 Å². The van der Waals surface area contributed by atoms with E-state index in [0.717, 1.165) is 61.2 Å². The Labute approximate surface area is 260 Å². The van der Waals surface area contributed by atoms with Gasteiger partial charge in [0.05, 0.1) is 30.9 Å². The van der Waals surface area contributed by atoms with Crippen LogP contribution in [0.1, 0.15) is 22.6 Å². The molecule has 44 heavy (non-hydrogen) atoms. The van der Waals surface area contributed by atoms with Gasteiger partial charge in [0.1, 0.15) is 11.6 Å². The highest BCUT2D eigenvalue weighted by Gasteiger charge is 2.24. The number of pyridine rings is 2. The normalized spacial score (nSPS) is 12.2. The summed E-state index contributed by atoms with van der Waals surface area (Å²) in [5, 5.41) is 21.7. The number of ether oxygens (including phenoxy) is 1. The fourth-order valence-electron chi connectivity index (χ4n) is 4.09. The molecule has 0 aromatic carbocycles. The molecule has 224 valence electrons. The van der Waals surface area contributed by atoms with Gasteiger partial charge in [0.2, 0.25) is 5.88 Å². The number of hydrogen-bond donors (Lipinski definition) is 4. The van der Waals surface area contributed by atoms with Crippen LogP contribution in [0.4, 0.5) is 26.7 Å². The number of carbonyl (C=O) groups is 1. The number of anilines is 4. The molecule has 0 aliphatic heterocycles. The van der Waals surface area contributed by atoms with Crippen LogP contribution >= 0.6 is 22.7 Å². The van der Waals surface area contributed by atoms with Crippen molar-refractivity contribution in [3.63, 3.8) is 0 Å². The van der Waals surface area contributed by atoms with Gasteiger partial charge in [0, 0.05) is 51.6 Å². The van der Waals surface area contributed by atoms with E-state index in [1.807, 2.05) is 50.4 Å².